The van der Waals surface area contributed by atoms with E-state index in [0.29, 0.717) is 0 Å². The molecule has 31 heavy (non-hydrogen) atoms. The fourth-order valence-electron chi connectivity index (χ4n) is 2.98. The Balaban J connectivity index is 1.83. The molecule has 156 valence electrons. The van der Waals surface area contributed by atoms with Gasteiger partial charge in [-0.05, 0) is 48.5 Å². The summed E-state index contributed by atoms with van der Waals surface area (Å²) in [6.45, 7) is 0. The van der Waals surface area contributed by atoms with Gasteiger partial charge >= 0.3 is 6.18 Å². The third-order valence-electron chi connectivity index (χ3n) is 4.43. The van der Waals surface area contributed by atoms with Crippen molar-refractivity contribution < 1.29 is 18.0 Å². The van der Waals surface area contributed by atoms with Crippen LogP contribution in [0.15, 0.2) is 71.7 Å². The lowest BCUT2D eigenvalue weighted by Crippen LogP contribution is -2.29. The molecule has 0 fully saturated rings. The van der Waals surface area contributed by atoms with Gasteiger partial charge in [0.1, 0.15) is 0 Å². The maximum absolute atomic E-state index is 13.1. The van der Waals surface area contributed by atoms with E-state index >= 15 is 0 Å². The standard InChI is InChI=1S/C21H12ClF3N4O2/c22-17-16(6-3-11-26-17)29-18(28-15-5-2-1-4-14(15)20(29)31)19(30)27-13-9-7-12(8-10-13)21(23,24)25/h1-11H,(H,27,30). The first-order chi connectivity index (χ1) is 14.8. The summed E-state index contributed by atoms with van der Waals surface area (Å²) in [6, 6.07) is 13.4. The van der Waals surface area contributed by atoms with E-state index in [1.165, 1.54) is 12.3 Å². The van der Waals surface area contributed by atoms with Crippen LogP contribution in [-0.4, -0.2) is 20.4 Å². The molecule has 4 rings (SSSR count). The molecule has 0 unspecified atom stereocenters. The molecule has 0 saturated heterocycles. The van der Waals surface area contributed by atoms with E-state index in [4.69, 9.17) is 11.6 Å². The first-order valence-corrected chi connectivity index (χ1v) is 9.25. The van der Waals surface area contributed by atoms with Crippen LogP contribution in [0.4, 0.5) is 18.9 Å². The highest BCUT2D eigenvalue weighted by Crippen LogP contribution is 2.30. The zero-order chi connectivity index (χ0) is 22.2. The van der Waals surface area contributed by atoms with Crippen molar-refractivity contribution in [3.8, 4) is 5.69 Å². The van der Waals surface area contributed by atoms with E-state index in [-0.39, 0.29) is 33.3 Å². The predicted octanol–water partition coefficient (Wildman–Crippen LogP) is 4.71. The number of benzene rings is 2. The predicted molar refractivity (Wildman–Crippen MR) is 110 cm³/mol. The lowest BCUT2D eigenvalue weighted by molar-refractivity contribution is -0.137. The van der Waals surface area contributed by atoms with Gasteiger partial charge in [0, 0.05) is 11.9 Å². The molecular formula is C21H12ClF3N4O2. The van der Waals surface area contributed by atoms with Crippen molar-refractivity contribution in [3.63, 3.8) is 0 Å². The van der Waals surface area contributed by atoms with Gasteiger partial charge in [-0.3, -0.25) is 14.2 Å². The molecule has 1 amide bonds. The summed E-state index contributed by atoms with van der Waals surface area (Å²) in [6.07, 6.45) is -3.08. The Hall–Kier alpha value is -3.72. The molecule has 0 atom stereocenters. The van der Waals surface area contributed by atoms with Gasteiger partial charge < -0.3 is 5.32 Å². The molecule has 2 aromatic heterocycles. The second-order valence-corrected chi connectivity index (χ2v) is 6.79. The summed E-state index contributed by atoms with van der Waals surface area (Å²) < 4.78 is 39.3. The third-order valence-corrected chi connectivity index (χ3v) is 4.72. The van der Waals surface area contributed by atoms with Gasteiger partial charge in [0.25, 0.3) is 11.5 Å². The molecule has 6 nitrogen and oxygen atoms in total. The molecule has 0 saturated carbocycles. The molecule has 4 aromatic rings. The van der Waals surface area contributed by atoms with Crippen molar-refractivity contribution >= 4 is 34.1 Å². The van der Waals surface area contributed by atoms with Crippen LogP contribution >= 0.6 is 11.6 Å². The van der Waals surface area contributed by atoms with Crippen LogP contribution in [0.2, 0.25) is 5.15 Å². The number of hydrogen-bond donors (Lipinski definition) is 1. The van der Waals surface area contributed by atoms with Gasteiger partial charge in [-0.25, -0.2) is 9.97 Å². The summed E-state index contributed by atoms with van der Waals surface area (Å²) in [5.74, 6) is -1.10. The molecule has 0 aliphatic rings. The van der Waals surface area contributed by atoms with Crippen LogP contribution in [0.1, 0.15) is 16.2 Å². The molecule has 1 N–H and O–H groups in total. The molecule has 0 aliphatic heterocycles. The van der Waals surface area contributed by atoms with Gasteiger partial charge in [-0.2, -0.15) is 13.2 Å². The van der Waals surface area contributed by atoms with Gasteiger partial charge in [0.15, 0.2) is 5.15 Å². The average molecular weight is 445 g/mol. The van der Waals surface area contributed by atoms with Gasteiger partial charge in [0.05, 0.1) is 22.2 Å². The largest absolute Gasteiger partial charge is 0.416 e. The van der Waals surface area contributed by atoms with E-state index in [0.717, 1.165) is 28.8 Å². The molecular weight excluding hydrogens is 433 g/mol. The van der Waals surface area contributed by atoms with Crippen molar-refractivity contribution in [1.82, 2.24) is 14.5 Å². The number of rotatable bonds is 3. The Morgan fingerprint density at radius 2 is 1.71 bits per heavy atom. The maximum Gasteiger partial charge on any atom is 0.416 e. The fourth-order valence-corrected chi connectivity index (χ4v) is 3.19. The lowest BCUT2D eigenvalue weighted by Gasteiger charge is -2.14. The topological polar surface area (TPSA) is 76.9 Å². The molecule has 2 heterocycles. The maximum atomic E-state index is 13.1. The van der Waals surface area contributed by atoms with Crippen LogP contribution in [0.25, 0.3) is 16.6 Å². The lowest BCUT2D eigenvalue weighted by atomic mass is 10.2. The van der Waals surface area contributed by atoms with E-state index in [2.05, 4.69) is 15.3 Å². The summed E-state index contributed by atoms with van der Waals surface area (Å²) in [5, 5.41) is 2.70. The number of nitrogens with one attached hydrogen (secondary N) is 1. The monoisotopic (exact) mass is 444 g/mol. The van der Waals surface area contributed by atoms with Crippen molar-refractivity contribution in [2.45, 2.75) is 6.18 Å². The number of anilines is 1. The Morgan fingerprint density at radius 3 is 2.39 bits per heavy atom. The highest BCUT2D eigenvalue weighted by molar-refractivity contribution is 6.31. The second kappa shape index (κ2) is 7.84. The molecule has 10 heteroatoms. The first kappa shape index (κ1) is 20.5. The molecule has 2 aromatic carbocycles. The Morgan fingerprint density at radius 1 is 1.00 bits per heavy atom. The number of pyridine rings is 1. The SMILES string of the molecule is O=C(Nc1ccc(C(F)(F)F)cc1)c1nc2ccccc2c(=O)n1-c1cccnc1Cl. The average Bonchev–Trinajstić information content (AvgIpc) is 2.74. The summed E-state index contributed by atoms with van der Waals surface area (Å²) in [5.41, 5.74) is -0.873. The van der Waals surface area contributed by atoms with E-state index in [1.807, 2.05) is 0 Å². The Labute approximate surface area is 177 Å². The van der Waals surface area contributed by atoms with Crippen LogP contribution in [0, 0.1) is 0 Å². The van der Waals surface area contributed by atoms with Crippen molar-refractivity contribution in [2.24, 2.45) is 0 Å². The van der Waals surface area contributed by atoms with Crippen molar-refractivity contribution in [3.05, 3.63) is 93.8 Å². The number of amides is 1. The number of aromatic nitrogens is 3. The highest BCUT2D eigenvalue weighted by Gasteiger charge is 2.30. The van der Waals surface area contributed by atoms with E-state index < -0.39 is 23.2 Å². The zero-order valence-corrected chi connectivity index (χ0v) is 16.3. The Bertz CT molecular complexity index is 1350. The number of alkyl halides is 3. The summed E-state index contributed by atoms with van der Waals surface area (Å²) >= 11 is 6.14. The summed E-state index contributed by atoms with van der Waals surface area (Å²) in [7, 11) is 0. The number of carbonyl (C=O) groups excluding carboxylic acids is 1. The van der Waals surface area contributed by atoms with Crippen LogP contribution in [0.5, 0.6) is 0 Å². The number of nitrogens with zero attached hydrogens (tertiary/aromatic N) is 3. The van der Waals surface area contributed by atoms with E-state index in [9.17, 15) is 22.8 Å². The highest BCUT2D eigenvalue weighted by atomic mass is 35.5. The zero-order valence-electron chi connectivity index (χ0n) is 15.5. The minimum atomic E-state index is -4.50. The molecule has 0 bridgehead atoms. The van der Waals surface area contributed by atoms with Crippen LogP contribution < -0.4 is 10.9 Å². The summed E-state index contributed by atoms with van der Waals surface area (Å²) in [4.78, 5) is 34.3. The van der Waals surface area contributed by atoms with Crippen LogP contribution in [-0.2, 0) is 6.18 Å². The molecule has 0 radical (unpaired) electrons. The molecule has 0 aliphatic carbocycles. The molecule has 0 spiro atoms. The third kappa shape index (κ3) is 3.99. The number of fused-ring (bicyclic) bond motifs is 1. The van der Waals surface area contributed by atoms with Crippen LogP contribution in [0.3, 0.4) is 0 Å². The van der Waals surface area contributed by atoms with Gasteiger partial charge in [-0.1, -0.05) is 23.7 Å². The second-order valence-electron chi connectivity index (χ2n) is 6.44. The minimum Gasteiger partial charge on any atom is -0.319 e. The van der Waals surface area contributed by atoms with Gasteiger partial charge in [0.2, 0.25) is 5.82 Å². The Kier molecular flexibility index (Phi) is 5.20. The fraction of sp³-hybridized carbons (Fsp3) is 0.0476. The van der Waals surface area contributed by atoms with Crippen molar-refractivity contribution in [2.75, 3.05) is 5.32 Å². The first-order valence-electron chi connectivity index (χ1n) is 8.87. The number of para-hydroxylation sites is 1. The van der Waals surface area contributed by atoms with Crippen molar-refractivity contribution in [1.29, 1.82) is 0 Å². The van der Waals surface area contributed by atoms with Gasteiger partial charge in [-0.15, -0.1) is 0 Å². The smallest absolute Gasteiger partial charge is 0.319 e. The van der Waals surface area contributed by atoms with E-state index in [1.54, 1.807) is 30.3 Å². The number of carbonyl (C=O) groups is 1. The quantitative estimate of drug-likeness (QED) is 0.464. The number of hydrogen-bond acceptors (Lipinski definition) is 4. The minimum absolute atomic E-state index is 0.0229. The number of halogens is 4. The normalized spacial score (nSPS) is 11.5.